The minimum absolute atomic E-state index is 0.277. The van der Waals surface area contributed by atoms with Gasteiger partial charge in [0.15, 0.2) is 17.7 Å². The third-order valence-electron chi connectivity index (χ3n) is 2.06. The van der Waals surface area contributed by atoms with Gasteiger partial charge in [0.05, 0.1) is 0 Å². The molecule has 0 heterocycles. The second-order valence-corrected chi connectivity index (χ2v) is 4.74. The van der Waals surface area contributed by atoms with E-state index >= 15 is 0 Å². The van der Waals surface area contributed by atoms with Crippen LogP contribution < -0.4 is 4.74 Å². The van der Waals surface area contributed by atoms with Crippen molar-refractivity contribution in [2.75, 3.05) is 0 Å². The van der Waals surface area contributed by atoms with Crippen molar-refractivity contribution in [2.24, 2.45) is 5.92 Å². The zero-order valence-corrected chi connectivity index (χ0v) is 10.8. The molecule has 1 rings (SSSR count). The Morgan fingerprint density at radius 2 is 2.00 bits per heavy atom. The molecular formula is C11H11BrF2O3. The molecule has 0 radical (unpaired) electrons. The van der Waals surface area contributed by atoms with Crippen molar-refractivity contribution in [1.29, 1.82) is 0 Å². The zero-order chi connectivity index (χ0) is 13.2. The van der Waals surface area contributed by atoms with Crippen LogP contribution in [0.15, 0.2) is 16.6 Å². The summed E-state index contributed by atoms with van der Waals surface area (Å²) >= 11 is 2.98. The summed E-state index contributed by atoms with van der Waals surface area (Å²) in [6.07, 6.45) is -1.22. The Kier molecular flexibility index (Phi) is 4.45. The molecule has 1 aromatic rings. The van der Waals surface area contributed by atoms with E-state index in [2.05, 4.69) is 15.9 Å². The highest BCUT2D eigenvalue weighted by Crippen LogP contribution is 2.27. The fourth-order valence-electron chi connectivity index (χ4n) is 1.23. The van der Waals surface area contributed by atoms with Gasteiger partial charge >= 0.3 is 5.97 Å². The van der Waals surface area contributed by atoms with Crippen LogP contribution in [0.2, 0.25) is 0 Å². The number of rotatable bonds is 4. The molecule has 1 atom stereocenters. The SMILES string of the molecule is CC(C)C(Oc1cc(Br)cc(F)c1F)C(=O)O. The number of halogens is 3. The molecule has 0 spiro atoms. The average molecular weight is 309 g/mol. The molecule has 0 aliphatic heterocycles. The van der Waals surface area contributed by atoms with Gasteiger partial charge in [-0.05, 0) is 12.1 Å². The molecule has 0 bridgehead atoms. The molecule has 6 heteroatoms. The quantitative estimate of drug-likeness (QED) is 0.869. The molecule has 0 aliphatic rings. The van der Waals surface area contributed by atoms with E-state index in [1.54, 1.807) is 13.8 Å². The predicted octanol–water partition coefficient (Wildman–Crippen LogP) is 3.22. The van der Waals surface area contributed by atoms with Gasteiger partial charge in [0.1, 0.15) is 0 Å². The third-order valence-corrected chi connectivity index (χ3v) is 2.52. The average Bonchev–Trinajstić information content (AvgIpc) is 2.19. The maximum Gasteiger partial charge on any atom is 0.345 e. The van der Waals surface area contributed by atoms with E-state index in [-0.39, 0.29) is 10.4 Å². The minimum Gasteiger partial charge on any atom is -0.478 e. The van der Waals surface area contributed by atoms with E-state index in [1.165, 1.54) is 6.07 Å². The summed E-state index contributed by atoms with van der Waals surface area (Å²) in [6.45, 7) is 3.23. The van der Waals surface area contributed by atoms with Crippen LogP contribution in [0.4, 0.5) is 8.78 Å². The number of hydrogen-bond donors (Lipinski definition) is 1. The monoisotopic (exact) mass is 308 g/mol. The maximum absolute atomic E-state index is 13.4. The Hall–Kier alpha value is -1.17. The highest BCUT2D eigenvalue weighted by molar-refractivity contribution is 9.10. The van der Waals surface area contributed by atoms with Gasteiger partial charge in [0.2, 0.25) is 5.82 Å². The standard InChI is InChI=1S/C11H11BrF2O3/c1-5(2)10(11(15)16)17-8-4-6(12)3-7(13)9(8)14/h3-5,10H,1-2H3,(H,15,16). The summed E-state index contributed by atoms with van der Waals surface area (Å²) in [6, 6.07) is 2.13. The van der Waals surface area contributed by atoms with Gasteiger partial charge in [-0.1, -0.05) is 29.8 Å². The topological polar surface area (TPSA) is 46.5 Å². The molecule has 94 valence electrons. The van der Waals surface area contributed by atoms with Crippen LogP contribution in [-0.4, -0.2) is 17.2 Å². The molecular weight excluding hydrogens is 298 g/mol. The highest BCUT2D eigenvalue weighted by atomic mass is 79.9. The van der Waals surface area contributed by atoms with Gasteiger partial charge < -0.3 is 9.84 Å². The summed E-state index contributed by atoms with van der Waals surface area (Å²) in [5.41, 5.74) is 0. The Morgan fingerprint density at radius 3 is 2.47 bits per heavy atom. The molecule has 1 aromatic carbocycles. The smallest absolute Gasteiger partial charge is 0.345 e. The van der Waals surface area contributed by atoms with Crippen molar-refractivity contribution in [3.05, 3.63) is 28.2 Å². The first-order chi connectivity index (χ1) is 7.82. The van der Waals surface area contributed by atoms with Crippen LogP contribution in [0.1, 0.15) is 13.8 Å². The lowest BCUT2D eigenvalue weighted by Crippen LogP contribution is -2.32. The van der Waals surface area contributed by atoms with Crippen molar-refractivity contribution in [3.63, 3.8) is 0 Å². The molecule has 1 N–H and O–H groups in total. The van der Waals surface area contributed by atoms with Crippen LogP contribution in [0.5, 0.6) is 5.75 Å². The van der Waals surface area contributed by atoms with E-state index in [0.29, 0.717) is 0 Å². The summed E-state index contributed by atoms with van der Waals surface area (Å²) < 4.78 is 31.7. The lowest BCUT2D eigenvalue weighted by molar-refractivity contribution is -0.147. The fourth-order valence-corrected chi connectivity index (χ4v) is 1.64. The van der Waals surface area contributed by atoms with Gasteiger partial charge in [-0.3, -0.25) is 0 Å². The highest BCUT2D eigenvalue weighted by Gasteiger charge is 2.25. The van der Waals surface area contributed by atoms with Crippen LogP contribution in [-0.2, 0) is 4.79 Å². The summed E-state index contributed by atoms with van der Waals surface area (Å²) in [4.78, 5) is 10.9. The number of aliphatic carboxylic acids is 1. The van der Waals surface area contributed by atoms with Crippen LogP contribution >= 0.6 is 15.9 Å². The Labute approximate surface area is 106 Å². The summed E-state index contributed by atoms with van der Waals surface area (Å²) in [5.74, 6) is -4.30. The lowest BCUT2D eigenvalue weighted by Gasteiger charge is -2.18. The van der Waals surface area contributed by atoms with Crippen LogP contribution in [0.25, 0.3) is 0 Å². The number of ether oxygens (including phenoxy) is 1. The maximum atomic E-state index is 13.4. The van der Waals surface area contributed by atoms with Crippen LogP contribution in [0, 0.1) is 17.6 Å². The predicted molar refractivity (Wildman–Crippen MR) is 60.9 cm³/mol. The van der Waals surface area contributed by atoms with Crippen LogP contribution in [0.3, 0.4) is 0 Å². The van der Waals surface area contributed by atoms with Gasteiger partial charge in [-0.25, -0.2) is 9.18 Å². The van der Waals surface area contributed by atoms with Gasteiger partial charge in [0.25, 0.3) is 0 Å². The number of carboxylic acid groups (broad SMARTS) is 1. The van der Waals surface area contributed by atoms with Crippen molar-refractivity contribution in [2.45, 2.75) is 20.0 Å². The number of carbonyl (C=O) groups is 1. The van der Waals surface area contributed by atoms with E-state index in [0.717, 1.165) is 6.07 Å². The first kappa shape index (κ1) is 13.9. The third kappa shape index (κ3) is 3.39. The van der Waals surface area contributed by atoms with Gasteiger partial charge in [-0.15, -0.1) is 0 Å². The first-order valence-corrected chi connectivity index (χ1v) is 5.66. The van der Waals surface area contributed by atoms with Crippen molar-refractivity contribution >= 4 is 21.9 Å². The second-order valence-electron chi connectivity index (χ2n) is 3.82. The van der Waals surface area contributed by atoms with E-state index in [4.69, 9.17) is 9.84 Å². The first-order valence-electron chi connectivity index (χ1n) is 4.87. The molecule has 0 fully saturated rings. The van der Waals surface area contributed by atoms with Crippen molar-refractivity contribution < 1.29 is 23.4 Å². The normalized spacial score (nSPS) is 12.6. The summed E-state index contributed by atoms with van der Waals surface area (Å²) in [5, 5.41) is 8.88. The molecule has 0 amide bonds. The van der Waals surface area contributed by atoms with Crippen molar-refractivity contribution in [1.82, 2.24) is 0 Å². The molecule has 1 unspecified atom stereocenters. The van der Waals surface area contributed by atoms with E-state index < -0.39 is 29.5 Å². The lowest BCUT2D eigenvalue weighted by atomic mass is 10.1. The molecule has 3 nitrogen and oxygen atoms in total. The summed E-state index contributed by atoms with van der Waals surface area (Å²) in [7, 11) is 0. The fraction of sp³-hybridized carbons (Fsp3) is 0.364. The van der Waals surface area contributed by atoms with E-state index in [9.17, 15) is 13.6 Å². The molecule has 0 aliphatic carbocycles. The molecule has 0 aromatic heterocycles. The Morgan fingerprint density at radius 1 is 1.41 bits per heavy atom. The van der Waals surface area contributed by atoms with Crippen molar-refractivity contribution in [3.8, 4) is 5.75 Å². The number of carboxylic acids is 1. The molecule has 0 saturated carbocycles. The Bertz CT molecular complexity index is 435. The Balaban J connectivity index is 3.05. The zero-order valence-electron chi connectivity index (χ0n) is 9.21. The number of benzene rings is 1. The molecule has 17 heavy (non-hydrogen) atoms. The molecule has 0 saturated heterocycles. The second kappa shape index (κ2) is 5.44. The van der Waals surface area contributed by atoms with Gasteiger partial charge in [-0.2, -0.15) is 4.39 Å². The minimum atomic E-state index is -1.22. The number of hydrogen-bond acceptors (Lipinski definition) is 2. The largest absolute Gasteiger partial charge is 0.478 e. The van der Waals surface area contributed by atoms with Gasteiger partial charge in [0, 0.05) is 10.4 Å². The van der Waals surface area contributed by atoms with E-state index in [1.807, 2.05) is 0 Å².